The minimum absolute atomic E-state index is 0.0394. The molecule has 0 aromatic heterocycles. The second-order valence-electron chi connectivity index (χ2n) is 5.56. The van der Waals surface area contributed by atoms with Crippen molar-refractivity contribution >= 4 is 11.9 Å². The van der Waals surface area contributed by atoms with Gasteiger partial charge in [0.05, 0.1) is 17.4 Å². The number of hydrogen-bond acceptors (Lipinski definition) is 5. The Hall–Kier alpha value is -2.56. The zero-order valence-corrected chi connectivity index (χ0v) is 11.7. The standard InChI is InChI=1S/C17H14O5/c18-15(10-4-2-1-3-5-10)20-9-11-8-14-12-6-7-13(14)17(21-11)22-16(12)19/h1-8,12-14,17H,9H2/t12-,13+,14-,17+/m1/s1. The molecule has 2 aliphatic heterocycles. The molecule has 1 aromatic carbocycles. The van der Waals surface area contributed by atoms with Gasteiger partial charge in [0.15, 0.2) is 0 Å². The normalized spacial score (nSPS) is 31.1. The van der Waals surface area contributed by atoms with Gasteiger partial charge in [-0.05, 0) is 18.2 Å². The molecule has 0 amide bonds. The number of carbonyl (C=O) groups is 2. The van der Waals surface area contributed by atoms with Gasteiger partial charge in [-0.3, -0.25) is 4.79 Å². The van der Waals surface area contributed by atoms with Crippen molar-refractivity contribution in [2.45, 2.75) is 6.29 Å². The van der Waals surface area contributed by atoms with Crippen LogP contribution in [0.15, 0.2) is 54.3 Å². The molecule has 4 rings (SSSR count). The molecule has 1 aromatic rings. The molecule has 5 heteroatoms. The monoisotopic (exact) mass is 298 g/mol. The Labute approximate surface area is 127 Å². The predicted molar refractivity (Wildman–Crippen MR) is 75.4 cm³/mol. The fourth-order valence-corrected chi connectivity index (χ4v) is 3.12. The van der Waals surface area contributed by atoms with Crippen molar-refractivity contribution in [3.8, 4) is 0 Å². The van der Waals surface area contributed by atoms with Crippen LogP contribution < -0.4 is 0 Å². The van der Waals surface area contributed by atoms with Gasteiger partial charge in [-0.1, -0.05) is 30.4 Å². The van der Waals surface area contributed by atoms with E-state index in [0.29, 0.717) is 11.3 Å². The fourth-order valence-electron chi connectivity index (χ4n) is 3.12. The summed E-state index contributed by atoms with van der Waals surface area (Å²) in [6.07, 6.45) is 5.11. The molecular weight excluding hydrogens is 284 g/mol. The molecule has 3 aliphatic rings. The Balaban J connectivity index is 1.45. The van der Waals surface area contributed by atoms with E-state index >= 15 is 0 Å². The molecular formula is C17H14O5. The van der Waals surface area contributed by atoms with Crippen LogP contribution in [0.3, 0.4) is 0 Å². The first-order valence-corrected chi connectivity index (χ1v) is 7.21. The third-order valence-electron chi connectivity index (χ3n) is 4.22. The van der Waals surface area contributed by atoms with E-state index < -0.39 is 12.3 Å². The highest BCUT2D eigenvalue weighted by Crippen LogP contribution is 2.44. The van der Waals surface area contributed by atoms with Gasteiger partial charge in [-0.25, -0.2) is 4.79 Å². The van der Waals surface area contributed by atoms with Crippen LogP contribution >= 0.6 is 0 Å². The van der Waals surface area contributed by atoms with E-state index in [1.54, 1.807) is 24.3 Å². The summed E-state index contributed by atoms with van der Waals surface area (Å²) in [5.74, 6) is -0.251. The summed E-state index contributed by atoms with van der Waals surface area (Å²) in [6, 6.07) is 8.78. The van der Waals surface area contributed by atoms with Crippen LogP contribution in [0.5, 0.6) is 0 Å². The molecule has 4 bridgehead atoms. The van der Waals surface area contributed by atoms with Crippen LogP contribution in [0.4, 0.5) is 0 Å². The molecule has 1 saturated heterocycles. The predicted octanol–water partition coefficient (Wildman–Crippen LogP) is 2.06. The topological polar surface area (TPSA) is 61.8 Å². The van der Waals surface area contributed by atoms with E-state index in [9.17, 15) is 9.59 Å². The third kappa shape index (κ3) is 2.09. The van der Waals surface area contributed by atoms with Gasteiger partial charge < -0.3 is 14.2 Å². The number of ether oxygens (including phenoxy) is 3. The van der Waals surface area contributed by atoms with E-state index in [1.165, 1.54) is 0 Å². The highest BCUT2D eigenvalue weighted by atomic mass is 16.7. The lowest BCUT2D eigenvalue weighted by Crippen LogP contribution is -2.44. The minimum Gasteiger partial charge on any atom is -0.455 e. The van der Waals surface area contributed by atoms with Crippen molar-refractivity contribution in [2.24, 2.45) is 17.8 Å². The maximum atomic E-state index is 11.9. The zero-order chi connectivity index (χ0) is 15.1. The molecule has 4 atom stereocenters. The smallest absolute Gasteiger partial charge is 0.338 e. The Bertz CT molecular complexity index is 676. The summed E-state index contributed by atoms with van der Waals surface area (Å²) in [5.41, 5.74) is 0.493. The molecule has 0 N–H and O–H groups in total. The third-order valence-corrected chi connectivity index (χ3v) is 4.22. The molecule has 5 nitrogen and oxygen atoms in total. The van der Waals surface area contributed by atoms with Crippen LogP contribution in [-0.2, 0) is 19.0 Å². The van der Waals surface area contributed by atoms with Gasteiger partial charge in [0.25, 0.3) is 6.29 Å². The van der Waals surface area contributed by atoms with Crippen LogP contribution in [0, 0.1) is 17.8 Å². The second-order valence-corrected chi connectivity index (χ2v) is 5.56. The molecule has 0 saturated carbocycles. The van der Waals surface area contributed by atoms with Gasteiger partial charge in [-0.15, -0.1) is 0 Å². The fraction of sp³-hybridized carbons (Fsp3) is 0.294. The molecule has 1 fully saturated rings. The zero-order valence-electron chi connectivity index (χ0n) is 11.7. The first-order valence-electron chi connectivity index (χ1n) is 7.21. The maximum absolute atomic E-state index is 11.9. The van der Waals surface area contributed by atoms with Crippen molar-refractivity contribution in [1.29, 1.82) is 0 Å². The highest BCUT2D eigenvalue weighted by Gasteiger charge is 2.50. The average molecular weight is 298 g/mol. The summed E-state index contributed by atoms with van der Waals surface area (Å²) >= 11 is 0. The summed E-state index contributed by atoms with van der Waals surface area (Å²) in [4.78, 5) is 23.7. The molecule has 112 valence electrons. The quantitative estimate of drug-likeness (QED) is 0.631. The molecule has 0 spiro atoms. The molecule has 0 unspecified atom stereocenters. The van der Waals surface area contributed by atoms with E-state index in [1.807, 2.05) is 24.3 Å². The number of benzene rings is 1. The van der Waals surface area contributed by atoms with Crippen LogP contribution in [0.2, 0.25) is 0 Å². The molecule has 2 heterocycles. The summed E-state index contributed by atoms with van der Waals surface area (Å²) in [7, 11) is 0. The Morgan fingerprint density at radius 1 is 1.09 bits per heavy atom. The lowest BCUT2D eigenvalue weighted by molar-refractivity contribution is -0.204. The van der Waals surface area contributed by atoms with Crippen molar-refractivity contribution in [3.63, 3.8) is 0 Å². The Morgan fingerprint density at radius 3 is 2.73 bits per heavy atom. The average Bonchev–Trinajstić information content (AvgIpc) is 2.89. The van der Waals surface area contributed by atoms with Gasteiger partial charge >= 0.3 is 11.9 Å². The largest absolute Gasteiger partial charge is 0.455 e. The molecule has 0 radical (unpaired) electrons. The van der Waals surface area contributed by atoms with Gasteiger partial charge in [-0.2, -0.15) is 0 Å². The first kappa shape index (κ1) is 13.1. The number of rotatable bonds is 3. The number of carbonyl (C=O) groups excluding carboxylic acids is 2. The lowest BCUT2D eigenvalue weighted by Gasteiger charge is -2.38. The van der Waals surface area contributed by atoms with Crippen molar-refractivity contribution < 1.29 is 23.8 Å². The highest BCUT2D eigenvalue weighted by molar-refractivity contribution is 5.89. The van der Waals surface area contributed by atoms with E-state index in [0.717, 1.165) is 0 Å². The van der Waals surface area contributed by atoms with Crippen molar-refractivity contribution in [3.05, 3.63) is 59.9 Å². The van der Waals surface area contributed by atoms with Gasteiger partial charge in [0.1, 0.15) is 12.4 Å². The summed E-state index contributed by atoms with van der Waals surface area (Å²) in [6.45, 7) is 0.0394. The van der Waals surface area contributed by atoms with Gasteiger partial charge in [0, 0.05) is 5.92 Å². The summed E-state index contributed by atoms with van der Waals surface area (Å²) < 4.78 is 16.2. The van der Waals surface area contributed by atoms with Crippen molar-refractivity contribution in [2.75, 3.05) is 6.61 Å². The second kappa shape index (κ2) is 5.02. The van der Waals surface area contributed by atoms with Crippen LogP contribution in [-0.4, -0.2) is 24.8 Å². The summed E-state index contributed by atoms with van der Waals surface area (Å²) in [5, 5.41) is 0. The molecule has 1 aliphatic carbocycles. The minimum atomic E-state index is -0.608. The van der Waals surface area contributed by atoms with Crippen molar-refractivity contribution in [1.82, 2.24) is 0 Å². The number of esters is 2. The number of hydrogen-bond donors (Lipinski definition) is 0. The Kier molecular flexibility index (Phi) is 2.99. The maximum Gasteiger partial charge on any atom is 0.338 e. The van der Waals surface area contributed by atoms with E-state index in [2.05, 4.69) is 0 Å². The van der Waals surface area contributed by atoms with Gasteiger partial charge in [0.2, 0.25) is 0 Å². The van der Waals surface area contributed by atoms with Crippen LogP contribution in [0.1, 0.15) is 10.4 Å². The number of allylic oxidation sites excluding steroid dienone is 1. The van der Waals surface area contributed by atoms with Crippen LogP contribution in [0.25, 0.3) is 0 Å². The Morgan fingerprint density at radius 2 is 1.91 bits per heavy atom. The van der Waals surface area contributed by atoms with E-state index in [4.69, 9.17) is 14.2 Å². The van der Waals surface area contributed by atoms with E-state index in [-0.39, 0.29) is 30.3 Å². The first-order chi connectivity index (χ1) is 10.7. The molecule has 22 heavy (non-hydrogen) atoms. The lowest BCUT2D eigenvalue weighted by atomic mass is 9.83. The SMILES string of the molecule is O=C(OCC1=C[C@H]2[C@@H]3C=C[C@H]2C(=O)O[C@@H]3O1)c1ccccc1.